The number of aliphatic hydroxyl groups excluding tert-OH is 1. The summed E-state index contributed by atoms with van der Waals surface area (Å²) < 4.78 is 68.5. The number of hydrogen-bond donors (Lipinski definition) is 3. The number of carbonyl (C=O) groups excluding carboxylic acids is 4. The van der Waals surface area contributed by atoms with Crippen molar-refractivity contribution in [2.75, 3.05) is 39.6 Å². The van der Waals surface area contributed by atoms with E-state index in [-0.39, 0.29) is 25.7 Å². The molecule has 0 saturated carbocycles. The molecule has 0 saturated heterocycles. The lowest BCUT2D eigenvalue weighted by molar-refractivity contribution is -0.161. The minimum absolute atomic E-state index is 0.0659. The third kappa shape index (κ3) is 73.5. The minimum Gasteiger partial charge on any atom is -0.462 e. The van der Waals surface area contributed by atoms with E-state index >= 15 is 0 Å². The van der Waals surface area contributed by atoms with Crippen LogP contribution in [-0.4, -0.2) is 96.7 Å². The number of ether oxygens (including phenoxy) is 4. The van der Waals surface area contributed by atoms with Crippen LogP contribution in [0, 0.1) is 0 Å². The zero-order valence-corrected chi connectivity index (χ0v) is 65.5. The second-order valence-electron chi connectivity index (χ2n) is 25.9. The van der Waals surface area contributed by atoms with Gasteiger partial charge in [-0.15, -0.1) is 0 Å². The van der Waals surface area contributed by atoms with Crippen molar-refractivity contribution in [1.82, 2.24) is 0 Å². The van der Waals surface area contributed by atoms with Crippen molar-refractivity contribution in [3.63, 3.8) is 0 Å². The van der Waals surface area contributed by atoms with Gasteiger partial charge in [0, 0.05) is 25.7 Å². The van der Waals surface area contributed by atoms with Crippen LogP contribution in [0.25, 0.3) is 0 Å². The third-order valence-corrected chi connectivity index (χ3v) is 18.0. The van der Waals surface area contributed by atoms with Crippen LogP contribution < -0.4 is 0 Å². The molecule has 0 aliphatic heterocycles. The number of allylic oxidation sites excluding steroid dienone is 22. The molecule has 19 heteroatoms. The average molecular weight is 1470 g/mol. The molecule has 0 aromatic heterocycles. The van der Waals surface area contributed by atoms with Gasteiger partial charge in [-0.2, -0.15) is 0 Å². The molecule has 0 amide bonds. The van der Waals surface area contributed by atoms with Crippen LogP contribution in [0.15, 0.2) is 134 Å². The number of phosphoric acid groups is 2. The van der Waals surface area contributed by atoms with E-state index in [2.05, 4.69) is 161 Å². The fraction of sp³-hybridized carbons (Fsp3) is 0.687. The van der Waals surface area contributed by atoms with Crippen LogP contribution in [0.2, 0.25) is 0 Å². The maximum absolute atomic E-state index is 13.1. The van der Waals surface area contributed by atoms with Gasteiger partial charge in [0.05, 0.1) is 26.4 Å². The molecule has 0 aliphatic carbocycles. The van der Waals surface area contributed by atoms with E-state index in [0.29, 0.717) is 25.7 Å². The summed E-state index contributed by atoms with van der Waals surface area (Å²) in [5, 5.41) is 10.6. The first-order chi connectivity index (χ1) is 49.7. The van der Waals surface area contributed by atoms with E-state index < -0.39 is 97.5 Å². The fourth-order valence-corrected chi connectivity index (χ4v) is 11.7. The van der Waals surface area contributed by atoms with E-state index in [4.69, 9.17) is 37.0 Å². The van der Waals surface area contributed by atoms with E-state index in [1.54, 1.807) is 0 Å². The van der Waals surface area contributed by atoms with Crippen LogP contribution in [-0.2, 0) is 65.4 Å². The van der Waals surface area contributed by atoms with Gasteiger partial charge in [-0.25, -0.2) is 9.13 Å². The molecule has 17 nitrogen and oxygen atoms in total. The smallest absolute Gasteiger partial charge is 0.462 e. The summed E-state index contributed by atoms with van der Waals surface area (Å²) in [7, 11) is -9.98. The van der Waals surface area contributed by atoms with E-state index in [1.165, 1.54) is 38.5 Å². The average Bonchev–Trinajstić information content (AvgIpc) is 0.923. The van der Waals surface area contributed by atoms with Crippen LogP contribution in [0.3, 0.4) is 0 Å². The Morgan fingerprint density at radius 3 is 0.784 bits per heavy atom. The standard InChI is InChI=1S/C83H140O17P2/c1-5-9-13-17-21-25-29-33-37-38-42-44-48-52-56-60-64-68-81(86)94-74-79(100-83(88)70-66-62-58-54-50-46-41-36-32-28-24-20-16-12-8-4)76-98-102(91,92)96-72-77(84)71-95-101(89,90)97-75-78(99-82(87)69-65-61-57-53-49-45-40-35-31-27-23-19-15-11-7-3)73-93-80(85)67-63-59-55-51-47-43-39-34-30-26-22-18-14-10-6-2/h9,12-13,16,21-28,33-37,39-42,44,77-79,84H,5-8,10-11,14-15,17-20,29-32,38,43,45-76H2,1-4H3,(H,89,90)(H,91,92)/b13-9-,16-12-,25-21-,26-22-,27-23-,28-24-,37-33-,39-34-,40-35-,41-36-,44-42-. The molecular formula is C83H140O17P2. The van der Waals surface area contributed by atoms with Gasteiger partial charge in [0.2, 0.25) is 0 Å². The normalized spacial score (nSPS) is 14.6. The van der Waals surface area contributed by atoms with Crippen LogP contribution in [0.5, 0.6) is 0 Å². The quantitative estimate of drug-likeness (QED) is 0.0169. The van der Waals surface area contributed by atoms with E-state index in [1.807, 2.05) is 0 Å². The van der Waals surface area contributed by atoms with Gasteiger partial charge in [-0.3, -0.25) is 37.3 Å². The molecule has 0 aromatic rings. The Labute approximate surface area is 618 Å². The highest BCUT2D eigenvalue weighted by atomic mass is 31.2. The molecule has 0 rings (SSSR count). The van der Waals surface area contributed by atoms with Crippen molar-refractivity contribution in [3.8, 4) is 0 Å². The Hall–Kier alpha value is -4.80. The van der Waals surface area contributed by atoms with Gasteiger partial charge in [-0.05, 0) is 161 Å². The predicted octanol–water partition coefficient (Wildman–Crippen LogP) is 22.9. The van der Waals surface area contributed by atoms with Gasteiger partial charge in [0.25, 0.3) is 0 Å². The second-order valence-corrected chi connectivity index (χ2v) is 28.8. The molecule has 5 atom stereocenters. The van der Waals surface area contributed by atoms with Crippen LogP contribution in [0.4, 0.5) is 0 Å². The van der Waals surface area contributed by atoms with Crippen molar-refractivity contribution < 1.29 is 80.2 Å². The third-order valence-electron chi connectivity index (χ3n) is 16.1. The zero-order valence-electron chi connectivity index (χ0n) is 63.7. The first-order valence-corrected chi connectivity index (χ1v) is 42.4. The van der Waals surface area contributed by atoms with Crippen molar-refractivity contribution in [3.05, 3.63) is 134 Å². The lowest BCUT2D eigenvalue weighted by atomic mass is 10.1. The van der Waals surface area contributed by atoms with Gasteiger partial charge >= 0.3 is 39.5 Å². The Kier molecular flexibility index (Phi) is 71.0. The maximum atomic E-state index is 13.1. The highest BCUT2D eigenvalue weighted by Crippen LogP contribution is 2.45. The summed E-state index contributed by atoms with van der Waals surface area (Å²) in [6, 6.07) is 0. The van der Waals surface area contributed by atoms with Crippen LogP contribution in [0.1, 0.15) is 310 Å². The second kappa shape index (κ2) is 74.5. The monoisotopic (exact) mass is 1470 g/mol. The zero-order chi connectivity index (χ0) is 74.6. The van der Waals surface area contributed by atoms with Gasteiger partial charge in [0.15, 0.2) is 12.2 Å². The number of unbranched alkanes of at least 4 members (excludes halogenated alkanes) is 25. The molecule has 3 N–H and O–H groups in total. The number of phosphoric ester groups is 2. The number of rotatable bonds is 73. The molecule has 584 valence electrons. The van der Waals surface area contributed by atoms with Crippen molar-refractivity contribution in [2.24, 2.45) is 0 Å². The number of hydrogen-bond acceptors (Lipinski definition) is 15. The SMILES string of the molecule is CC/C=C\C/C=C\C/C=C\C/C=C\CCCCCCC(=O)OCC(COP(=O)(O)OCC(O)COP(=O)(O)OCC(COC(=O)CCCCCCC/C=C\C/C=C\CCCCC)OC(=O)CCCCCCC/C=C\C/C=C\CCCCC)OC(=O)CCCCCCC/C=C\C/C=C\C/C=C\CC. The largest absolute Gasteiger partial charge is 0.472 e. The number of carbonyl (C=O) groups is 4. The Bertz CT molecular complexity index is 2460. The summed E-state index contributed by atoms with van der Waals surface area (Å²) >= 11 is 0. The first-order valence-electron chi connectivity index (χ1n) is 39.4. The number of aliphatic hydroxyl groups is 1. The first kappa shape index (κ1) is 97.2. The molecule has 102 heavy (non-hydrogen) atoms. The van der Waals surface area contributed by atoms with Crippen LogP contribution >= 0.6 is 15.6 Å². The van der Waals surface area contributed by atoms with Crippen molar-refractivity contribution >= 4 is 39.5 Å². The summed E-state index contributed by atoms with van der Waals surface area (Å²) in [5.74, 6) is -2.25. The predicted molar refractivity (Wildman–Crippen MR) is 418 cm³/mol. The molecule has 0 bridgehead atoms. The summed E-state index contributed by atoms with van der Waals surface area (Å²) in [5.41, 5.74) is 0. The molecule has 0 aromatic carbocycles. The molecule has 0 fully saturated rings. The molecule has 0 heterocycles. The van der Waals surface area contributed by atoms with Crippen molar-refractivity contribution in [2.45, 2.75) is 329 Å². The Balaban J connectivity index is 5.42. The number of esters is 4. The van der Waals surface area contributed by atoms with E-state index in [9.17, 15) is 43.2 Å². The molecular weight excluding hydrogens is 1330 g/mol. The molecule has 0 spiro atoms. The molecule has 0 radical (unpaired) electrons. The van der Waals surface area contributed by atoms with Crippen molar-refractivity contribution in [1.29, 1.82) is 0 Å². The van der Waals surface area contributed by atoms with Gasteiger partial charge < -0.3 is 33.8 Å². The molecule has 0 aliphatic rings. The summed E-state index contributed by atoms with van der Waals surface area (Å²) in [6.45, 7) is 4.52. The topological polar surface area (TPSA) is 237 Å². The Morgan fingerprint density at radius 1 is 0.284 bits per heavy atom. The lowest BCUT2D eigenvalue weighted by Gasteiger charge is -2.21. The van der Waals surface area contributed by atoms with Gasteiger partial charge in [-0.1, -0.05) is 258 Å². The Morgan fingerprint density at radius 2 is 0.510 bits per heavy atom. The highest BCUT2D eigenvalue weighted by molar-refractivity contribution is 7.47. The lowest BCUT2D eigenvalue weighted by Crippen LogP contribution is -2.30. The van der Waals surface area contributed by atoms with Gasteiger partial charge in [0.1, 0.15) is 19.3 Å². The van der Waals surface area contributed by atoms with E-state index in [0.717, 1.165) is 193 Å². The minimum atomic E-state index is -4.99. The molecule has 5 unspecified atom stereocenters. The maximum Gasteiger partial charge on any atom is 0.472 e. The highest BCUT2D eigenvalue weighted by Gasteiger charge is 2.30. The summed E-state index contributed by atoms with van der Waals surface area (Å²) in [4.78, 5) is 73.0. The summed E-state index contributed by atoms with van der Waals surface area (Å²) in [6.07, 6.45) is 82.8. The fourth-order valence-electron chi connectivity index (χ4n) is 10.1.